The van der Waals surface area contributed by atoms with Crippen LogP contribution < -0.4 is 5.32 Å². The zero-order valence-corrected chi connectivity index (χ0v) is 18.7. The highest BCUT2D eigenvalue weighted by atomic mass is 28.4. The molecule has 0 saturated heterocycles. The minimum absolute atomic E-state index is 0.0971. The molecule has 6 nitrogen and oxygen atoms in total. The maximum atomic E-state index is 12.0. The van der Waals surface area contributed by atoms with Crippen LogP contribution in [0.2, 0.25) is 18.1 Å². The van der Waals surface area contributed by atoms with Gasteiger partial charge >= 0.3 is 12.1 Å². The third-order valence-electron chi connectivity index (χ3n) is 5.63. The normalized spacial score (nSPS) is 24.4. The van der Waals surface area contributed by atoms with E-state index in [0.717, 1.165) is 0 Å². The summed E-state index contributed by atoms with van der Waals surface area (Å²) >= 11 is 0. The van der Waals surface area contributed by atoms with Gasteiger partial charge < -0.3 is 19.6 Å². The van der Waals surface area contributed by atoms with Crippen molar-refractivity contribution in [1.29, 1.82) is 0 Å². The summed E-state index contributed by atoms with van der Waals surface area (Å²) in [6.07, 6.45) is 1.60. The number of amides is 1. The molecule has 152 valence electrons. The number of carboxylic acid groups (broad SMARTS) is 1. The number of aliphatic carboxylic acids is 1. The van der Waals surface area contributed by atoms with E-state index in [-0.39, 0.29) is 11.1 Å². The number of carbonyl (C=O) groups excluding carboxylic acids is 1. The fraction of sp³-hybridized carbons (Fsp3) is 0.895. The van der Waals surface area contributed by atoms with Crippen LogP contribution in [0.4, 0.5) is 4.79 Å². The first kappa shape index (κ1) is 23.0. The van der Waals surface area contributed by atoms with Gasteiger partial charge in [-0.1, -0.05) is 20.8 Å². The Bertz CT molecular complexity index is 521. The molecule has 0 spiro atoms. The zero-order valence-electron chi connectivity index (χ0n) is 17.7. The monoisotopic (exact) mass is 387 g/mol. The van der Waals surface area contributed by atoms with E-state index in [0.29, 0.717) is 32.3 Å². The molecule has 0 radical (unpaired) electrons. The van der Waals surface area contributed by atoms with Crippen LogP contribution in [0.15, 0.2) is 0 Å². The molecule has 2 N–H and O–H groups in total. The highest BCUT2D eigenvalue weighted by Gasteiger charge is 2.46. The van der Waals surface area contributed by atoms with Gasteiger partial charge in [0.15, 0.2) is 8.32 Å². The molecule has 2 atom stereocenters. The van der Waals surface area contributed by atoms with Crippen molar-refractivity contribution in [2.24, 2.45) is 5.41 Å². The smallest absolute Gasteiger partial charge is 0.407 e. The van der Waals surface area contributed by atoms with Gasteiger partial charge in [0.1, 0.15) is 5.60 Å². The molecule has 0 aromatic heterocycles. The van der Waals surface area contributed by atoms with Crippen molar-refractivity contribution in [3.05, 3.63) is 0 Å². The van der Waals surface area contributed by atoms with E-state index in [1.54, 1.807) is 20.8 Å². The molecule has 0 bridgehead atoms. The van der Waals surface area contributed by atoms with Crippen molar-refractivity contribution < 1.29 is 23.9 Å². The lowest BCUT2D eigenvalue weighted by Crippen LogP contribution is -2.42. The lowest BCUT2D eigenvalue weighted by molar-refractivity contribution is -0.149. The zero-order chi connectivity index (χ0) is 20.4. The van der Waals surface area contributed by atoms with Gasteiger partial charge in [-0.25, -0.2) is 4.79 Å². The summed E-state index contributed by atoms with van der Waals surface area (Å²) in [6.45, 7) is 16.7. The first-order valence-electron chi connectivity index (χ1n) is 9.45. The highest BCUT2D eigenvalue weighted by Crippen LogP contribution is 2.43. The predicted molar refractivity (Wildman–Crippen MR) is 105 cm³/mol. The minimum Gasteiger partial charge on any atom is -0.481 e. The van der Waals surface area contributed by atoms with Crippen LogP contribution in [0, 0.1) is 5.41 Å². The molecular formula is C19H37NO5Si. The number of hydrogen-bond donors (Lipinski definition) is 2. The average molecular weight is 388 g/mol. The van der Waals surface area contributed by atoms with E-state index < -0.39 is 31.4 Å². The quantitative estimate of drug-likeness (QED) is 0.653. The molecule has 0 aromatic rings. The Morgan fingerprint density at radius 3 is 2.23 bits per heavy atom. The number of carboxylic acids is 1. The molecule has 0 aromatic carbocycles. The fourth-order valence-electron chi connectivity index (χ4n) is 2.97. The first-order chi connectivity index (χ1) is 11.6. The number of ether oxygens (including phenoxy) is 1. The summed E-state index contributed by atoms with van der Waals surface area (Å²) in [4.78, 5) is 23.9. The van der Waals surface area contributed by atoms with Crippen LogP contribution in [0.5, 0.6) is 0 Å². The summed E-state index contributed by atoms with van der Waals surface area (Å²) in [6, 6.07) is -0.172. The van der Waals surface area contributed by atoms with Gasteiger partial charge in [0.2, 0.25) is 0 Å². The molecule has 1 amide bonds. The second-order valence-electron chi connectivity index (χ2n) is 10.0. The summed E-state index contributed by atoms with van der Waals surface area (Å²) in [5.74, 6) is -0.801. The third kappa shape index (κ3) is 6.27. The molecule has 0 aliphatic heterocycles. The standard InChI is InChI=1S/C19H37NO5Si/c1-17(2,3)25-16(23)20-14-9-10-19(13-14,15(21)22)11-12-24-26(7,8)18(4,5)6/h14H,9-13H2,1-8H3,(H,20,23)(H,21,22)/t14-,19-/m1/s1. The molecule has 1 rings (SSSR count). The van der Waals surface area contributed by atoms with Crippen molar-refractivity contribution in [2.45, 2.75) is 97.0 Å². The number of hydrogen-bond acceptors (Lipinski definition) is 4. The topological polar surface area (TPSA) is 84.9 Å². The van der Waals surface area contributed by atoms with Gasteiger partial charge in [0.25, 0.3) is 0 Å². The van der Waals surface area contributed by atoms with Crippen molar-refractivity contribution in [3.8, 4) is 0 Å². The molecule has 7 heteroatoms. The Morgan fingerprint density at radius 1 is 1.19 bits per heavy atom. The summed E-state index contributed by atoms with van der Waals surface area (Å²) in [5.41, 5.74) is -1.40. The summed E-state index contributed by atoms with van der Waals surface area (Å²) < 4.78 is 11.5. The molecule has 26 heavy (non-hydrogen) atoms. The number of alkyl carbamates (subject to hydrolysis) is 1. The third-order valence-corrected chi connectivity index (χ3v) is 10.2. The SMILES string of the molecule is CC(C)(C)OC(=O)N[C@@H]1CC[C@](CCO[Si](C)(C)C(C)(C)C)(C(=O)O)C1. The van der Waals surface area contributed by atoms with Crippen molar-refractivity contribution >= 4 is 20.4 Å². The van der Waals surface area contributed by atoms with Crippen LogP contribution in [0.1, 0.15) is 67.2 Å². The number of rotatable bonds is 6. The highest BCUT2D eigenvalue weighted by molar-refractivity contribution is 6.74. The molecular weight excluding hydrogens is 350 g/mol. The Balaban J connectivity index is 2.64. The summed E-state index contributed by atoms with van der Waals surface area (Å²) in [7, 11) is -1.90. The van der Waals surface area contributed by atoms with Crippen LogP contribution in [-0.4, -0.2) is 43.7 Å². The second-order valence-corrected chi connectivity index (χ2v) is 14.8. The molecule has 1 saturated carbocycles. The van der Waals surface area contributed by atoms with Crippen LogP contribution in [-0.2, 0) is 14.0 Å². The number of carbonyl (C=O) groups is 2. The molecule has 1 fully saturated rings. The van der Waals surface area contributed by atoms with Crippen molar-refractivity contribution in [2.75, 3.05) is 6.61 Å². The molecule has 1 aliphatic carbocycles. The van der Waals surface area contributed by atoms with Crippen LogP contribution in [0.25, 0.3) is 0 Å². The van der Waals surface area contributed by atoms with Gasteiger partial charge in [0, 0.05) is 12.6 Å². The molecule has 0 heterocycles. The Kier molecular flexibility index (Phi) is 6.96. The van der Waals surface area contributed by atoms with Gasteiger partial charge in [-0.2, -0.15) is 0 Å². The van der Waals surface area contributed by atoms with Crippen LogP contribution in [0.3, 0.4) is 0 Å². The largest absolute Gasteiger partial charge is 0.481 e. The lowest BCUT2D eigenvalue weighted by atomic mass is 9.83. The Labute approximate surface area is 159 Å². The van der Waals surface area contributed by atoms with Crippen molar-refractivity contribution in [1.82, 2.24) is 5.32 Å². The van der Waals surface area contributed by atoms with E-state index >= 15 is 0 Å². The van der Waals surface area contributed by atoms with Crippen molar-refractivity contribution in [3.63, 3.8) is 0 Å². The second kappa shape index (κ2) is 7.88. The fourth-order valence-corrected chi connectivity index (χ4v) is 4.02. The maximum Gasteiger partial charge on any atom is 0.407 e. The van der Waals surface area contributed by atoms with Crippen LogP contribution >= 0.6 is 0 Å². The average Bonchev–Trinajstić information content (AvgIpc) is 2.79. The van der Waals surface area contributed by atoms with Gasteiger partial charge in [-0.05, 0) is 64.6 Å². The van der Waals surface area contributed by atoms with E-state index in [4.69, 9.17) is 9.16 Å². The Hall–Kier alpha value is -1.08. The Morgan fingerprint density at radius 2 is 1.77 bits per heavy atom. The van der Waals surface area contributed by atoms with Gasteiger partial charge in [-0.3, -0.25) is 4.79 Å². The van der Waals surface area contributed by atoms with E-state index in [1.165, 1.54) is 0 Å². The van der Waals surface area contributed by atoms with Gasteiger partial charge in [0.05, 0.1) is 5.41 Å². The maximum absolute atomic E-state index is 12.0. The van der Waals surface area contributed by atoms with Gasteiger partial charge in [-0.15, -0.1) is 0 Å². The van der Waals surface area contributed by atoms with E-state index in [1.807, 2.05) is 0 Å². The first-order valence-corrected chi connectivity index (χ1v) is 12.4. The lowest BCUT2D eigenvalue weighted by Gasteiger charge is -2.37. The van der Waals surface area contributed by atoms with E-state index in [2.05, 4.69) is 39.2 Å². The molecule has 0 unspecified atom stereocenters. The minimum atomic E-state index is -1.90. The predicted octanol–water partition coefficient (Wildman–Crippen LogP) is 4.55. The summed E-state index contributed by atoms with van der Waals surface area (Å²) in [5, 5.41) is 12.7. The van der Waals surface area contributed by atoms with E-state index in [9.17, 15) is 14.7 Å². The number of nitrogens with one attached hydrogen (secondary N) is 1. The molecule has 1 aliphatic rings.